The molecule has 3 nitrogen and oxygen atoms in total. The molecule has 0 amide bonds. The predicted molar refractivity (Wildman–Crippen MR) is 81.8 cm³/mol. The Morgan fingerprint density at radius 3 is 2.65 bits per heavy atom. The van der Waals surface area contributed by atoms with E-state index < -0.39 is 0 Å². The quantitative estimate of drug-likeness (QED) is 0.916. The highest BCUT2D eigenvalue weighted by Gasteiger charge is 2.28. The Kier molecular flexibility index (Phi) is 4.71. The van der Waals surface area contributed by atoms with Gasteiger partial charge in [0.15, 0.2) is 0 Å². The van der Waals surface area contributed by atoms with Crippen LogP contribution in [0.15, 0.2) is 30.3 Å². The van der Waals surface area contributed by atoms with Gasteiger partial charge in [-0.2, -0.15) is 0 Å². The molecule has 2 atom stereocenters. The molecular weight excluding hydrogens is 248 g/mol. The molecule has 0 bridgehead atoms. The molecule has 2 aliphatic rings. The van der Waals surface area contributed by atoms with E-state index >= 15 is 0 Å². The van der Waals surface area contributed by atoms with E-state index in [4.69, 9.17) is 4.74 Å². The normalized spacial score (nSPS) is 29.4. The van der Waals surface area contributed by atoms with E-state index in [1.165, 1.54) is 38.0 Å². The molecule has 20 heavy (non-hydrogen) atoms. The number of benzene rings is 1. The van der Waals surface area contributed by atoms with Gasteiger partial charge in [0.25, 0.3) is 0 Å². The van der Waals surface area contributed by atoms with Gasteiger partial charge < -0.3 is 10.1 Å². The highest BCUT2D eigenvalue weighted by atomic mass is 16.5. The van der Waals surface area contributed by atoms with Crippen LogP contribution >= 0.6 is 0 Å². The average molecular weight is 274 g/mol. The molecule has 1 N–H and O–H groups in total. The van der Waals surface area contributed by atoms with Crippen molar-refractivity contribution in [1.82, 2.24) is 10.2 Å². The van der Waals surface area contributed by atoms with Gasteiger partial charge in [0.05, 0.1) is 12.2 Å². The van der Waals surface area contributed by atoms with Crippen LogP contribution in [0.3, 0.4) is 0 Å². The lowest BCUT2D eigenvalue weighted by Crippen LogP contribution is -2.46. The van der Waals surface area contributed by atoms with Crippen molar-refractivity contribution in [1.29, 1.82) is 0 Å². The summed E-state index contributed by atoms with van der Waals surface area (Å²) in [7, 11) is 0. The summed E-state index contributed by atoms with van der Waals surface area (Å²) in [5.74, 6) is 0.859. The van der Waals surface area contributed by atoms with E-state index in [1.54, 1.807) is 0 Å². The number of morpholine rings is 1. The fourth-order valence-corrected chi connectivity index (χ4v) is 3.47. The topological polar surface area (TPSA) is 24.5 Å². The molecule has 0 saturated carbocycles. The van der Waals surface area contributed by atoms with E-state index in [0.717, 1.165) is 19.0 Å². The molecule has 1 aromatic rings. The van der Waals surface area contributed by atoms with Crippen LogP contribution in [0.1, 0.15) is 31.4 Å². The summed E-state index contributed by atoms with van der Waals surface area (Å²) in [5, 5.41) is 3.45. The maximum atomic E-state index is 6.14. The van der Waals surface area contributed by atoms with Crippen molar-refractivity contribution in [3.05, 3.63) is 35.9 Å². The summed E-state index contributed by atoms with van der Waals surface area (Å²) in [5.41, 5.74) is 1.31. The number of rotatable bonds is 3. The second-order valence-electron chi connectivity index (χ2n) is 6.26. The molecular formula is C17H26N2O. The van der Waals surface area contributed by atoms with Crippen LogP contribution in [0.2, 0.25) is 0 Å². The summed E-state index contributed by atoms with van der Waals surface area (Å²) in [6.45, 7) is 7.92. The van der Waals surface area contributed by atoms with Crippen molar-refractivity contribution >= 4 is 0 Å². The zero-order chi connectivity index (χ0) is 13.8. The van der Waals surface area contributed by atoms with Gasteiger partial charge >= 0.3 is 0 Å². The number of hydrogen-bond donors (Lipinski definition) is 1. The minimum Gasteiger partial charge on any atom is -0.368 e. The maximum Gasteiger partial charge on any atom is 0.0956 e. The molecule has 2 unspecified atom stereocenters. The van der Waals surface area contributed by atoms with Gasteiger partial charge in [-0.15, -0.1) is 0 Å². The third-order valence-corrected chi connectivity index (χ3v) is 4.48. The zero-order valence-corrected chi connectivity index (χ0v) is 12.4. The molecule has 1 aromatic carbocycles. The Labute approximate surface area is 122 Å². The first-order chi connectivity index (χ1) is 9.81. The van der Waals surface area contributed by atoms with Gasteiger partial charge in [0.1, 0.15) is 0 Å². The largest absolute Gasteiger partial charge is 0.368 e. The zero-order valence-electron chi connectivity index (χ0n) is 12.4. The van der Waals surface area contributed by atoms with E-state index in [-0.39, 0.29) is 6.10 Å². The van der Waals surface area contributed by atoms with Crippen LogP contribution < -0.4 is 5.32 Å². The van der Waals surface area contributed by atoms with Crippen LogP contribution in [-0.2, 0) is 4.74 Å². The Hall–Kier alpha value is -0.900. The molecule has 0 aliphatic carbocycles. The smallest absolute Gasteiger partial charge is 0.0956 e. The average Bonchev–Trinajstić information content (AvgIpc) is 2.49. The van der Waals surface area contributed by atoms with E-state index in [9.17, 15) is 0 Å². The highest BCUT2D eigenvalue weighted by Crippen LogP contribution is 2.26. The molecule has 3 rings (SSSR count). The monoisotopic (exact) mass is 274 g/mol. The lowest BCUT2D eigenvalue weighted by molar-refractivity contribution is -0.0829. The van der Waals surface area contributed by atoms with E-state index in [2.05, 4.69) is 47.5 Å². The summed E-state index contributed by atoms with van der Waals surface area (Å²) in [6, 6.07) is 10.7. The van der Waals surface area contributed by atoms with Gasteiger partial charge in [-0.1, -0.05) is 30.3 Å². The van der Waals surface area contributed by atoms with Crippen molar-refractivity contribution in [2.24, 2.45) is 5.92 Å². The number of nitrogens with zero attached hydrogens (tertiary/aromatic N) is 1. The fourth-order valence-electron chi connectivity index (χ4n) is 3.47. The van der Waals surface area contributed by atoms with Gasteiger partial charge in [-0.25, -0.2) is 0 Å². The lowest BCUT2D eigenvalue weighted by atomic mass is 9.96. The van der Waals surface area contributed by atoms with Gasteiger partial charge in [0.2, 0.25) is 0 Å². The van der Waals surface area contributed by atoms with Crippen molar-refractivity contribution in [2.75, 3.05) is 32.7 Å². The number of ether oxygens (including phenoxy) is 1. The molecule has 0 aromatic heterocycles. The SMILES string of the molecule is CC1CN(CC2CCNCC2)CC(c2ccccc2)O1. The van der Waals surface area contributed by atoms with Crippen LogP contribution in [0, 0.1) is 5.92 Å². The van der Waals surface area contributed by atoms with Crippen molar-refractivity contribution in [3.63, 3.8) is 0 Å². The van der Waals surface area contributed by atoms with Crippen LogP contribution in [-0.4, -0.2) is 43.7 Å². The summed E-state index contributed by atoms with van der Waals surface area (Å²) in [6.07, 6.45) is 3.21. The van der Waals surface area contributed by atoms with Crippen LogP contribution in [0.4, 0.5) is 0 Å². The first-order valence-electron chi connectivity index (χ1n) is 7.95. The van der Waals surface area contributed by atoms with E-state index in [1.807, 2.05) is 0 Å². The first-order valence-corrected chi connectivity index (χ1v) is 7.95. The predicted octanol–water partition coefficient (Wildman–Crippen LogP) is 2.45. The Morgan fingerprint density at radius 1 is 1.15 bits per heavy atom. The highest BCUT2D eigenvalue weighted by molar-refractivity contribution is 5.18. The molecule has 2 fully saturated rings. The Morgan fingerprint density at radius 2 is 1.90 bits per heavy atom. The Bertz CT molecular complexity index is 403. The molecule has 2 aliphatic heterocycles. The van der Waals surface area contributed by atoms with Gasteiger partial charge in [0, 0.05) is 19.6 Å². The summed E-state index contributed by atoms with van der Waals surface area (Å²) >= 11 is 0. The maximum absolute atomic E-state index is 6.14. The molecule has 0 spiro atoms. The van der Waals surface area contributed by atoms with Crippen LogP contribution in [0.25, 0.3) is 0 Å². The third-order valence-electron chi connectivity index (χ3n) is 4.48. The summed E-state index contributed by atoms with van der Waals surface area (Å²) in [4.78, 5) is 2.61. The molecule has 110 valence electrons. The third kappa shape index (κ3) is 3.60. The first kappa shape index (κ1) is 14.1. The second-order valence-corrected chi connectivity index (χ2v) is 6.26. The number of piperidine rings is 1. The second kappa shape index (κ2) is 6.70. The molecule has 2 heterocycles. The fraction of sp³-hybridized carbons (Fsp3) is 0.647. The minimum atomic E-state index is 0.238. The number of nitrogens with one attached hydrogen (secondary N) is 1. The summed E-state index contributed by atoms with van der Waals surface area (Å²) < 4.78 is 6.14. The Balaban J connectivity index is 1.61. The van der Waals surface area contributed by atoms with Crippen LogP contribution in [0.5, 0.6) is 0 Å². The van der Waals surface area contributed by atoms with Gasteiger partial charge in [-0.05, 0) is 44.3 Å². The standard InChI is InChI=1S/C17H26N2O/c1-14-11-19(12-15-7-9-18-10-8-15)13-17(20-14)16-5-3-2-4-6-16/h2-6,14-15,17-18H,7-13H2,1H3. The molecule has 3 heteroatoms. The lowest BCUT2D eigenvalue weighted by Gasteiger charge is -2.39. The van der Waals surface area contributed by atoms with Crippen molar-refractivity contribution < 1.29 is 4.74 Å². The molecule has 2 saturated heterocycles. The van der Waals surface area contributed by atoms with Crippen molar-refractivity contribution in [2.45, 2.75) is 32.0 Å². The van der Waals surface area contributed by atoms with Crippen molar-refractivity contribution in [3.8, 4) is 0 Å². The van der Waals surface area contributed by atoms with E-state index in [0.29, 0.717) is 6.10 Å². The van der Waals surface area contributed by atoms with Gasteiger partial charge in [-0.3, -0.25) is 4.90 Å². The molecule has 0 radical (unpaired) electrons. The minimum absolute atomic E-state index is 0.238. The number of hydrogen-bond acceptors (Lipinski definition) is 3.